The number of aromatic nitrogens is 3. The third-order valence-corrected chi connectivity index (χ3v) is 3.94. The summed E-state index contributed by atoms with van der Waals surface area (Å²) in [5.41, 5.74) is 0. The molecular weight excluding hydrogens is 276 g/mol. The van der Waals surface area contributed by atoms with Crippen LogP contribution in [0.3, 0.4) is 0 Å². The number of hydrogen-bond donors (Lipinski definition) is 1. The van der Waals surface area contributed by atoms with Crippen molar-refractivity contribution in [1.29, 1.82) is 0 Å². The van der Waals surface area contributed by atoms with E-state index >= 15 is 0 Å². The van der Waals surface area contributed by atoms with Crippen LogP contribution in [-0.2, 0) is 0 Å². The second kappa shape index (κ2) is 8.27. The molecule has 0 spiro atoms. The van der Waals surface area contributed by atoms with Gasteiger partial charge in [-0.1, -0.05) is 20.3 Å². The molecule has 1 aromatic rings. The van der Waals surface area contributed by atoms with E-state index in [0.717, 1.165) is 31.3 Å². The van der Waals surface area contributed by atoms with E-state index in [4.69, 9.17) is 0 Å². The predicted molar refractivity (Wildman–Crippen MR) is 91.6 cm³/mol. The maximum Gasteiger partial charge on any atom is 0.229 e. The van der Waals surface area contributed by atoms with Crippen LogP contribution < -0.4 is 10.2 Å². The van der Waals surface area contributed by atoms with Crippen molar-refractivity contribution in [1.82, 2.24) is 19.9 Å². The van der Waals surface area contributed by atoms with Gasteiger partial charge in [-0.05, 0) is 38.9 Å². The van der Waals surface area contributed by atoms with Crippen LogP contribution in [0.15, 0.2) is 0 Å². The van der Waals surface area contributed by atoms with Crippen LogP contribution in [0.4, 0.5) is 11.9 Å². The van der Waals surface area contributed by atoms with E-state index in [1.165, 1.54) is 32.4 Å². The molecule has 2 heterocycles. The van der Waals surface area contributed by atoms with Crippen LogP contribution in [0.5, 0.6) is 0 Å². The Morgan fingerprint density at radius 3 is 2.45 bits per heavy atom. The molecular formula is C16H30N6. The number of hydrogen-bond acceptors (Lipinski definition) is 6. The van der Waals surface area contributed by atoms with Gasteiger partial charge in [0, 0.05) is 26.6 Å². The van der Waals surface area contributed by atoms with E-state index < -0.39 is 0 Å². The zero-order chi connectivity index (χ0) is 15.9. The first-order valence-electron chi connectivity index (χ1n) is 8.46. The molecule has 1 aliphatic rings. The highest BCUT2D eigenvalue weighted by atomic mass is 15.3. The molecule has 0 saturated carbocycles. The summed E-state index contributed by atoms with van der Waals surface area (Å²) in [6.07, 6.45) is 5.22. The molecule has 0 bridgehead atoms. The zero-order valence-electron chi connectivity index (χ0n) is 14.5. The van der Waals surface area contributed by atoms with Crippen LogP contribution in [0.1, 0.15) is 51.3 Å². The summed E-state index contributed by atoms with van der Waals surface area (Å²) >= 11 is 0. The Balaban J connectivity index is 1.85. The number of likely N-dealkylation sites (tertiary alicyclic amines) is 1. The molecule has 0 atom stereocenters. The molecule has 1 aromatic heterocycles. The lowest BCUT2D eigenvalue weighted by Gasteiger charge is -2.26. The Morgan fingerprint density at radius 2 is 1.82 bits per heavy atom. The fourth-order valence-corrected chi connectivity index (χ4v) is 2.60. The van der Waals surface area contributed by atoms with Crippen molar-refractivity contribution in [3.05, 3.63) is 5.82 Å². The van der Waals surface area contributed by atoms with Crippen LogP contribution in [-0.4, -0.2) is 60.1 Å². The Hall–Kier alpha value is -1.43. The molecule has 1 saturated heterocycles. The molecule has 0 aromatic carbocycles. The highest BCUT2D eigenvalue weighted by molar-refractivity contribution is 5.36. The van der Waals surface area contributed by atoms with E-state index in [0.29, 0.717) is 11.9 Å². The third kappa shape index (κ3) is 5.09. The molecule has 1 aliphatic heterocycles. The fourth-order valence-electron chi connectivity index (χ4n) is 2.60. The number of nitrogens with zero attached hydrogens (tertiary/aromatic N) is 5. The topological polar surface area (TPSA) is 57.2 Å². The lowest BCUT2D eigenvalue weighted by Crippen LogP contribution is -2.31. The van der Waals surface area contributed by atoms with E-state index in [2.05, 4.69) is 39.0 Å². The second-order valence-electron chi connectivity index (χ2n) is 6.55. The van der Waals surface area contributed by atoms with Crippen molar-refractivity contribution in [3.63, 3.8) is 0 Å². The summed E-state index contributed by atoms with van der Waals surface area (Å²) in [6.45, 7) is 8.80. The minimum absolute atomic E-state index is 0.301. The summed E-state index contributed by atoms with van der Waals surface area (Å²) in [6, 6.07) is 0. The maximum atomic E-state index is 4.53. The van der Waals surface area contributed by atoms with E-state index in [1.807, 2.05) is 19.0 Å². The van der Waals surface area contributed by atoms with Crippen molar-refractivity contribution in [2.24, 2.45) is 0 Å². The van der Waals surface area contributed by atoms with Gasteiger partial charge in [0.2, 0.25) is 11.9 Å². The van der Waals surface area contributed by atoms with Gasteiger partial charge in [0.25, 0.3) is 0 Å². The molecule has 6 nitrogen and oxygen atoms in total. The quantitative estimate of drug-likeness (QED) is 0.780. The van der Waals surface area contributed by atoms with E-state index in [9.17, 15) is 0 Å². The van der Waals surface area contributed by atoms with Crippen LogP contribution in [0, 0.1) is 0 Å². The molecule has 0 aliphatic carbocycles. The van der Waals surface area contributed by atoms with Gasteiger partial charge in [0.05, 0.1) is 0 Å². The lowest BCUT2D eigenvalue weighted by molar-refractivity contribution is 0.228. The SMILES string of the molecule is CC(C)c1nc(NCCCN2CCCCC2)nc(N(C)C)n1. The van der Waals surface area contributed by atoms with Gasteiger partial charge in [0.1, 0.15) is 5.82 Å². The highest BCUT2D eigenvalue weighted by Gasteiger charge is 2.11. The summed E-state index contributed by atoms with van der Waals surface area (Å²) in [4.78, 5) is 18.0. The van der Waals surface area contributed by atoms with Crippen LogP contribution in [0.25, 0.3) is 0 Å². The Labute approximate surface area is 134 Å². The van der Waals surface area contributed by atoms with Crippen molar-refractivity contribution in [3.8, 4) is 0 Å². The molecule has 124 valence electrons. The predicted octanol–water partition coefficient (Wildman–Crippen LogP) is 2.35. The Kier molecular flexibility index (Phi) is 6.36. The molecule has 1 N–H and O–H groups in total. The summed E-state index contributed by atoms with van der Waals surface area (Å²) < 4.78 is 0. The fraction of sp³-hybridized carbons (Fsp3) is 0.812. The smallest absolute Gasteiger partial charge is 0.229 e. The maximum absolute atomic E-state index is 4.53. The summed E-state index contributed by atoms with van der Waals surface area (Å²) in [5, 5.41) is 3.36. The van der Waals surface area contributed by atoms with Gasteiger partial charge in [-0.15, -0.1) is 0 Å². The van der Waals surface area contributed by atoms with Crippen molar-refractivity contribution < 1.29 is 0 Å². The van der Waals surface area contributed by atoms with E-state index in [1.54, 1.807) is 0 Å². The molecule has 0 radical (unpaired) electrons. The van der Waals surface area contributed by atoms with Gasteiger partial charge >= 0.3 is 0 Å². The van der Waals surface area contributed by atoms with Crippen molar-refractivity contribution >= 4 is 11.9 Å². The summed E-state index contributed by atoms with van der Waals surface area (Å²) in [5.74, 6) is 2.56. The third-order valence-electron chi connectivity index (χ3n) is 3.94. The van der Waals surface area contributed by atoms with Gasteiger partial charge in [-0.2, -0.15) is 15.0 Å². The van der Waals surface area contributed by atoms with Crippen molar-refractivity contribution in [2.75, 3.05) is 50.5 Å². The number of rotatable bonds is 7. The number of piperidine rings is 1. The zero-order valence-corrected chi connectivity index (χ0v) is 14.5. The minimum atomic E-state index is 0.301. The number of anilines is 2. The first kappa shape index (κ1) is 16.9. The number of nitrogens with one attached hydrogen (secondary N) is 1. The molecule has 2 rings (SSSR count). The summed E-state index contributed by atoms with van der Waals surface area (Å²) in [7, 11) is 3.92. The van der Waals surface area contributed by atoms with E-state index in [-0.39, 0.29) is 0 Å². The van der Waals surface area contributed by atoms with Crippen molar-refractivity contribution in [2.45, 2.75) is 45.4 Å². The average molecular weight is 306 g/mol. The van der Waals surface area contributed by atoms with Gasteiger partial charge in [0.15, 0.2) is 0 Å². The first-order valence-corrected chi connectivity index (χ1v) is 8.46. The minimum Gasteiger partial charge on any atom is -0.354 e. The van der Waals surface area contributed by atoms with Crippen LogP contribution >= 0.6 is 0 Å². The highest BCUT2D eigenvalue weighted by Crippen LogP contribution is 2.15. The standard InChI is InChI=1S/C16H30N6/c1-13(2)14-18-15(20-16(19-14)21(3)4)17-9-8-12-22-10-6-5-7-11-22/h13H,5-12H2,1-4H3,(H,17,18,19,20). The normalized spacial score (nSPS) is 16.0. The Bertz CT molecular complexity index is 428. The average Bonchev–Trinajstić information content (AvgIpc) is 2.52. The van der Waals surface area contributed by atoms with Gasteiger partial charge in [-0.25, -0.2) is 0 Å². The lowest BCUT2D eigenvalue weighted by atomic mass is 10.1. The largest absolute Gasteiger partial charge is 0.354 e. The molecule has 22 heavy (non-hydrogen) atoms. The van der Waals surface area contributed by atoms with Gasteiger partial charge in [-0.3, -0.25) is 0 Å². The molecule has 1 fully saturated rings. The molecule has 0 unspecified atom stereocenters. The van der Waals surface area contributed by atoms with Crippen LogP contribution in [0.2, 0.25) is 0 Å². The molecule has 6 heteroatoms. The second-order valence-corrected chi connectivity index (χ2v) is 6.55. The monoisotopic (exact) mass is 306 g/mol. The van der Waals surface area contributed by atoms with Gasteiger partial charge < -0.3 is 15.1 Å². The molecule has 0 amide bonds. The Morgan fingerprint density at radius 1 is 1.09 bits per heavy atom. The first-order chi connectivity index (χ1) is 10.6.